The first-order valence-electron chi connectivity index (χ1n) is 6.04. The van der Waals surface area contributed by atoms with Crippen molar-refractivity contribution in [3.8, 4) is 0 Å². The molecule has 0 N–H and O–H groups in total. The molecule has 91 valence electrons. The third-order valence-electron chi connectivity index (χ3n) is 3.39. The topological polar surface area (TPSA) is 20.3 Å². The number of carbonyl (C=O) groups is 1. The first kappa shape index (κ1) is 12.2. The van der Waals surface area contributed by atoms with Crippen LogP contribution in [0.2, 0.25) is 0 Å². The molecule has 0 spiro atoms. The van der Waals surface area contributed by atoms with Crippen LogP contribution in [0.3, 0.4) is 0 Å². The molecule has 0 aromatic heterocycles. The highest BCUT2D eigenvalue weighted by Gasteiger charge is 2.25. The molecular formula is C14H17FNO. The second-order valence-electron chi connectivity index (χ2n) is 4.44. The number of likely N-dealkylation sites (tertiary alicyclic amines) is 1. The average Bonchev–Trinajstić information content (AvgIpc) is 2.39. The maximum absolute atomic E-state index is 12.8. The summed E-state index contributed by atoms with van der Waals surface area (Å²) in [6.45, 7) is 5.96. The number of piperidine rings is 1. The largest absolute Gasteiger partial charge is 0.299 e. The molecule has 17 heavy (non-hydrogen) atoms. The molecule has 0 aliphatic carbocycles. The fourth-order valence-corrected chi connectivity index (χ4v) is 2.27. The molecule has 1 aliphatic rings. The summed E-state index contributed by atoms with van der Waals surface area (Å²) in [5.74, 6) is -0.0469. The van der Waals surface area contributed by atoms with Gasteiger partial charge < -0.3 is 0 Å². The maximum Gasteiger partial charge on any atom is 0.166 e. The molecule has 1 radical (unpaired) electrons. The molecule has 1 heterocycles. The van der Waals surface area contributed by atoms with Gasteiger partial charge in [-0.1, -0.05) is 0 Å². The van der Waals surface area contributed by atoms with Crippen LogP contribution in [-0.2, 0) is 0 Å². The fourth-order valence-electron chi connectivity index (χ4n) is 2.27. The lowest BCUT2D eigenvalue weighted by Gasteiger charge is -2.29. The van der Waals surface area contributed by atoms with Crippen LogP contribution in [0.4, 0.5) is 4.39 Å². The van der Waals surface area contributed by atoms with Gasteiger partial charge in [0.05, 0.1) is 0 Å². The number of nitrogens with zero attached hydrogens (tertiary/aromatic N) is 1. The minimum atomic E-state index is -0.294. The summed E-state index contributed by atoms with van der Waals surface area (Å²) in [5, 5.41) is 0. The Kier molecular flexibility index (Phi) is 3.89. The van der Waals surface area contributed by atoms with Crippen LogP contribution < -0.4 is 0 Å². The Morgan fingerprint density at radius 2 is 1.88 bits per heavy atom. The van der Waals surface area contributed by atoms with Crippen LogP contribution in [0, 0.1) is 18.3 Å². The van der Waals surface area contributed by atoms with E-state index in [0.717, 1.165) is 25.9 Å². The summed E-state index contributed by atoms with van der Waals surface area (Å²) in [6.07, 6.45) is 1.78. The lowest BCUT2D eigenvalue weighted by molar-refractivity contribution is 0.0858. The van der Waals surface area contributed by atoms with E-state index < -0.39 is 0 Å². The molecule has 0 unspecified atom stereocenters. The molecule has 3 heteroatoms. The van der Waals surface area contributed by atoms with Crippen LogP contribution in [-0.4, -0.2) is 23.8 Å². The zero-order chi connectivity index (χ0) is 12.3. The molecule has 2 nitrogen and oxygen atoms in total. The number of benzene rings is 1. The van der Waals surface area contributed by atoms with Crippen LogP contribution >= 0.6 is 0 Å². The zero-order valence-electron chi connectivity index (χ0n) is 10.0. The summed E-state index contributed by atoms with van der Waals surface area (Å²) in [4.78, 5) is 14.4. The van der Waals surface area contributed by atoms with Gasteiger partial charge in [-0.05, 0) is 57.1 Å². The fraction of sp³-hybridized carbons (Fsp3) is 0.429. The lowest BCUT2D eigenvalue weighted by atomic mass is 9.89. The van der Waals surface area contributed by atoms with E-state index in [0.29, 0.717) is 5.56 Å². The van der Waals surface area contributed by atoms with Crippen molar-refractivity contribution >= 4 is 5.78 Å². The highest BCUT2D eigenvalue weighted by Crippen LogP contribution is 2.22. The molecule has 1 fully saturated rings. The van der Waals surface area contributed by atoms with Crippen molar-refractivity contribution in [3.05, 3.63) is 42.2 Å². The summed E-state index contributed by atoms with van der Waals surface area (Å²) in [7, 11) is 0. The van der Waals surface area contributed by atoms with Crippen LogP contribution in [0.1, 0.15) is 30.1 Å². The molecule has 1 aliphatic heterocycles. The Morgan fingerprint density at radius 3 is 2.41 bits per heavy atom. The minimum Gasteiger partial charge on any atom is -0.299 e. The smallest absolute Gasteiger partial charge is 0.166 e. The van der Waals surface area contributed by atoms with Gasteiger partial charge in [-0.25, -0.2) is 4.39 Å². The van der Waals surface area contributed by atoms with Gasteiger partial charge >= 0.3 is 0 Å². The molecule has 1 aromatic rings. The first-order valence-corrected chi connectivity index (χ1v) is 6.04. The molecule has 0 bridgehead atoms. The van der Waals surface area contributed by atoms with E-state index in [2.05, 4.69) is 11.4 Å². The van der Waals surface area contributed by atoms with Crippen LogP contribution in [0.5, 0.6) is 0 Å². The molecular weight excluding hydrogens is 217 g/mol. The Hall–Kier alpha value is -1.22. The SMILES string of the molecule is C[CH]N1CCC(C(=O)c2ccc(F)cc2)CC1. The molecule has 1 saturated heterocycles. The number of carbonyl (C=O) groups excluding carboxylic acids is 1. The molecule has 0 amide bonds. The van der Waals surface area contributed by atoms with Crippen LogP contribution in [0.15, 0.2) is 24.3 Å². The van der Waals surface area contributed by atoms with Gasteiger partial charge in [0.15, 0.2) is 5.78 Å². The summed E-state index contributed by atoms with van der Waals surface area (Å²) in [6, 6.07) is 5.86. The minimum absolute atomic E-state index is 0.0941. The molecule has 2 rings (SSSR count). The predicted octanol–water partition coefficient (Wildman–Crippen LogP) is 2.90. The standard InChI is InChI=1S/C14H17FNO/c1-2-16-9-7-12(8-10-16)14(17)11-3-5-13(15)6-4-11/h2-6,12H,7-10H2,1H3. The van der Waals surface area contributed by atoms with Crippen molar-refractivity contribution in [3.63, 3.8) is 0 Å². The van der Waals surface area contributed by atoms with E-state index >= 15 is 0 Å². The van der Waals surface area contributed by atoms with Gasteiger partial charge in [-0.3, -0.25) is 9.69 Å². The summed E-state index contributed by atoms with van der Waals surface area (Å²) < 4.78 is 12.8. The van der Waals surface area contributed by atoms with Crippen LogP contribution in [0.25, 0.3) is 0 Å². The molecule has 0 atom stereocenters. The van der Waals surface area contributed by atoms with Gasteiger partial charge in [0.2, 0.25) is 0 Å². The highest BCUT2D eigenvalue weighted by atomic mass is 19.1. The van der Waals surface area contributed by atoms with Gasteiger partial charge in [0.25, 0.3) is 0 Å². The summed E-state index contributed by atoms with van der Waals surface area (Å²) >= 11 is 0. The lowest BCUT2D eigenvalue weighted by Crippen LogP contribution is -2.34. The number of hydrogen-bond donors (Lipinski definition) is 0. The number of ketones is 1. The first-order chi connectivity index (χ1) is 8.20. The number of hydrogen-bond acceptors (Lipinski definition) is 2. The van der Waals surface area contributed by atoms with Crippen molar-refractivity contribution < 1.29 is 9.18 Å². The van der Waals surface area contributed by atoms with E-state index in [-0.39, 0.29) is 17.5 Å². The maximum atomic E-state index is 12.8. The van der Waals surface area contributed by atoms with E-state index in [4.69, 9.17) is 0 Å². The van der Waals surface area contributed by atoms with Gasteiger partial charge in [0.1, 0.15) is 5.82 Å². The monoisotopic (exact) mass is 234 g/mol. The number of Topliss-reactive ketones (excluding diaryl/α,β-unsaturated/α-hetero) is 1. The van der Waals surface area contributed by atoms with Gasteiger partial charge in [0, 0.05) is 18.0 Å². The number of rotatable bonds is 3. The molecule has 0 saturated carbocycles. The highest BCUT2D eigenvalue weighted by molar-refractivity contribution is 5.97. The second-order valence-corrected chi connectivity index (χ2v) is 4.44. The Bertz CT molecular complexity index is 380. The Morgan fingerprint density at radius 1 is 1.29 bits per heavy atom. The third kappa shape index (κ3) is 2.91. The number of halogens is 1. The van der Waals surface area contributed by atoms with Crippen molar-refractivity contribution in [2.45, 2.75) is 19.8 Å². The normalized spacial score (nSPS) is 18.2. The second kappa shape index (κ2) is 5.41. The van der Waals surface area contributed by atoms with E-state index in [1.54, 1.807) is 12.1 Å². The van der Waals surface area contributed by atoms with Gasteiger partial charge in [-0.15, -0.1) is 0 Å². The Labute approximate surface area is 101 Å². The summed E-state index contributed by atoms with van der Waals surface area (Å²) in [5.41, 5.74) is 0.630. The Balaban J connectivity index is 1.99. The van der Waals surface area contributed by atoms with Crippen molar-refractivity contribution in [1.29, 1.82) is 0 Å². The predicted molar refractivity (Wildman–Crippen MR) is 65.0 cm³/mol. The van der Waals surface area contributed by atoms with E-state index in [9.17, 15) is 9.18 Å². The third-order valence-corrected chi connectivity index (χ3v) is 3.39. The quantitative estimate of drug-likeness (QED) is 0.749. The van der Waals surface area contributed by atoms with Crippen molar-refractivity contribution in [2.24, 2.45) is 5.92 Å². The molecule has 1 aromatic carbocycles. The average molecular weight is 234 g/mol. The van der Waals surface area contributed by atoms with Crippen molar-refractivity contribution in [1.82, 2.24) is 4.90 Å². The van der Waals surface area contributed by atoms with Crippen molar-refractivity contribution in [2.75, 3.05) is 13.1 Å². The van der Waals surface area contributed by atoms with Gasteiger partial charge in [-0.2, -0.15) is 0 Å². The van der Waals surface area contributed by atoms with E-state index in [1.165, 1.54) is 12.1 Å². The zero-order valence-corrected chi connectivity index (χ0v) is 10.0. The van der Waals surface area contributed by atoms with E-state index in [1.807, 2.05) is 6.92 Å².